The summed E-state index contributed by atoms with van der Waals surface area (Å²) >= 11 is 3.33. The lowest BCUT2D eigenvalue weighted by Gasteiger charge is -2.36. The number of likely N-dealkylation sites (tertiary alicyclic amines) is 1. The van der Waals surface area contributed by atoms with E-state index in [1.807, 2.05) is 4.90 Å². The highest BCUT2D eigenvalue weighted by Gasteiger charge is 2.35. The summed E-state index contributed by atoms with van der Waals surface area (Å²) in [5.74, 6) is 1.13. The van der Waals surface area contributed by atoms with Gasteiger partial charge in [-0.05, 0) is 49.8 Å². The molecule has 0 bridgehead atoms. The second-order valence-corrected chi connectivity index (χ2v) is 10.3. The number of benzene rings is 1. The first kappa shape index (κ1) is 20.6. The summed E-state index contributed by atoms with van der Waals surface area (Å²) in [7, 11) is -2.19. The highest BCUT2D eigenvalue weighted by atomic mass is 79.9. The maximum absolute atomic E-state index is 13.1. The summed E-state index contributed by atoms with van der Waals surface area (Å²) in [5, 5.41) is 0. The number of halogens is 1. The molecule has 2 aliphatic heterocycles. The fourth-order valence-corrected chi connectivity index (χ4v) is 5.99. The van der Waals surface area contributed by atoms with Gasteiger partial charge >= 0.3 is 0 Å². The summed E-state index contributed by atoms with van der Waals surface area (Å²) in [6.45, 7) is 4.60. The van der Waals surface area contributed by atoms with Crippen molar-refractivity contribution in [2.24, 2.45) is 11.8 Å². The molecule has 6 nitrogen and oxygen atoms in total. The van der Waals surface area contributed by atoms with E-state index < -0.39 is 10.0 Å². The number of hydrogen-bond acceptors (Lipinski definition) is 4. The second-order valence-electron chi connectivity index (χ2n) is 7.48. The van der Waals surface area contributed by atoms with Crippen LogP contribution in [0, 0.1) is 11.8 Å². The van der Waals surface area contributed by atoms with Gasteiger partial charge in [-0.3, -0.25) is 4.79 Å². The van der Waals surface area contributed by atoms with Crippen LogP contribution in [0.3, 0.4) is 0 Å². The van der Waals surface area contributed by atoms with Crippen LogP contribution in [0.15, 0.2) is 27.6 Å². The van der Waals surface area contributed by atoms with E-state index in [9.17, 15) is 13.2 Å². The summed E-state index contributed by atoms with van der Waals surface area (Å²) in [6.07, 6.45) is 3.25. The van der Waals surface area contributed by atoms with Crippen LogP contribution >= 0.6 is 15.9 Å². The molecule has 3 rings (SSSR count). The zero-order chi connectivity index (χ0) is 19.6. The highest BCUT2D eigenvalue weighted by molar-refractivity contribution is 9.10. The normalized spacial score (nSPS) is 20.6. The van der Waals surface area contributed by atoms with Crippen LogP contribution in [0.4, 0.5) is 0 Å². The molecular formula is C19H27BrN2O4S. The molecule has 2 fully saturated rings. The summed E-state index contributed by atoms with van der Waals surface area (Å²) in [5.41, 5.74) is 0. The lowest BCUT2D eigenvalue weighted by Crippen LogP contribution is -2.46. The van der Waals surface area contributed by atoms with Gasteiger partial charge in [-0.15, -0.1) is 0 Å². The summed E-state index contributed by atoms with van der Waals surface area (Å²) < 4.78 is 33.5. The van der Waals surface area contributed by atoms with Crippen LogP contribution in [0.1, 0.15) is 32.6 Å². The van der Waals surface area contributed by atoms with Gasteiger partial charge in [0.05, 0.1) is 7.11 Å². The average molecular weight is 459 g/mol. The Morgan fingerprint density at radius 1 is 1.11 bits per heavy atom. The molecule has 0 unspecified atom stereocenters. The summed E-state index contributed by atoms with van der Waals surface area (Å²) in [6, 6.07) is 4.97. The number of nitrogens with zero attached hydrogens (tertiary/aromatic N) is 2. The SMILES string of the molecule is COc1ccc(Br)cc1S(=O)(=O)N1CCC(C(=O)N2CCC(C)CC2)CC1. The molecule has 0 saturated carbocycles. The molecule has 1 amide bonds. The molecule has 2 saturated heterocycles. The van der Waals surface area contributed by atoms with Crippen molar-refractivity contribution < 1.29 is 17.9 Å². The minimum absolute atomic E-state index is 0.0748. The van der Waals surface area contributed by atoms with E-state index in [1.165, 1.54) is 11.4 Å². The van der Waals surface area contributed by atoms with E-state index in [2.05, 4.69) is 22.9 Å². The molecule has 1 aromatic rings. The number of piperidine rings is 2. The van der Waals surface area contributed by atoms with Gasteiger partial charge in [0.1, 0.15) is 10.6 Å². The fourth-order valence-electron chi connectivity index (χ4n) is 3.82. The smallest absolute Gasteiger partial charge is 0.246 e. The van der Waals surface area contributed by atoms with E-state index >= 15 is 0 Å². The first-order valence-corrected chi connectivity index (χ1v) is 11.7. The number of ether oxygens (including phenoxy) is 1. The monoisotopic (exact) mass is 458 g/mol. The maximum atomic E-state index is 13.1. The molecule has 0 radical (unpaired) electrons. The maximum Gasteiger partial charge on any atom is 0.246 e. The Kier molecular flexibility index (Phi) is 6.48. The number of rotatable bonds is 4. The number of methoxy groups -OCH3 is 1. The predicted octanol–water partition coefficient (Wildman–Crippen LogP) is 3.12. The number of carbonyl (C=O) groups excluding carboxylic acids is 1. The standard InChI is InChI=1S/C19H27BrN2O4S/c1-14-5-9-21(10-6-14)19(23)15-7-11-22(12-8-15)27(24,25)18-13-16(20)3-4-17(18)26-2/h3-4,13-15H,5-12H2,1-2H3. The Balaban J connectivity index is 1.66. The van der Waals surface area contributed by atoms with Gasteiger partial charge in [0.2, 0.25) is 15.9 Å². The van der Waals surface area contributed by atoms with Crippen molar-refractivity contribution in [1.82, 2.24) is 9.21 Å². The van der Waals surface area contributed by atoms with Crippen LogP contribution in [-0.2, 0) is 14.8 Å². The minimum atomic E-state index is -3.66. The van der Waals surface area contributed by atoms with Crippen LogP contribution < -0.4 is 4.74 Å². The van der Waals surface area contributed by atoms with E-state index in [0.717, 1.165) is 25.9 Å². The molecule has 27 heavy (non-hydrogen) atoms. The molecule has 8 heteroatoms. The average Bonchev–Trinajstić information content (AvgIpc) is 2.68. The van der Waals surface area contributed by atoms with Crippen molar-refractivity contribution in [2.45, 2.75) is 37.5 Å². The summed E-state index contributed by atoms with van der Waals surface area (Å²) in [4.78, 5) is 14.9. The van der Waals surface area contributed by atoms with Gasteiger partial charge < -0.3 is 9.64 Å². The molecule has 2 aliphatic rings. The molecule has 1 aromatic carbocycles. The van der Waals surface area contributed by atoms with E-state index in [0.29, 0.717) is 42.1 Å². The van der Waals surface area contributed by atoms with Crippen molar-refractivity contribution in [3.8, 4) is 5.75 Å². The van der Waals surface area contributed by atoms with Crippen molar-refractivity contribution in [2.75, 3.05) is 33.3 Å². The Labute approximate surface area is 170 Å². The van der Waals surface area contributed by atoms with E-state index in [4.69, 9.17) is 4.74 Å². The van der Waals surface area contributed by atoms with E-state index in [1.54, 1.807) is 18.2 Å². The van der Waals surface area contributed by atoms with Gasteiger partial charge in [-0.2, -0.15) is 4.31 Å². The van der Waals surface area contributed by atoms with Crippen molar-refractivity contribution in [3.63, 3.8) is 0 Å². The Morgan fingerprint density at radius 2 is 1.74 bits per heavy atom. The fraction of sp³-hybridized carbons (Fsp3) is 0.632. The second kappa shape index (κ2) is 8.49. The highest BCUT2D eigenvalue weighted by Crippen LogP contribution is 2.32. The van der Waals surface area contributed by atoms with Crippen molar-refractivity contribution in [3.05, 3.63) is 22.7 Å². The number of amides is 1. The quantitative estimate of drug-likeness (QED) is 0.694. The molecule has 0 spiro atoms. The zero-order valence-electron chi connectivity index (χ0n) is 15.9. The predicted molar refractivity (Wildman–Crippen MR) is 107 cm³/mol. The largest absolute Gasteiger partial charge is 0.495 e. The van der Waals surface area contributed by atoms with Gasteiger partial charge in [-0.1, -0.05) is 22.9 Å². The Morgan fingerprint density at radius 3 is 2.33 bits per heavy atom. The van der Waals surface area contributed by atoms with Crippen LogP contribution in [0.25, 0.3) is 0 Å². The molecule has 0 aromatic heterocycles. The van der Waals surface area contributed by atoms with Crippen LogP contribution in [-0.4, -0.2) is 56.8 Å². The van der Waals surface area contributed by atoms with Crippen molar-refractivity contribution in [1.29, 1.82) is 0 Å². The lowest BCUT2D eigenvalue weighted by atomic mass is 9.93. The number of sulfonamides is 1. The molecule has 0 atom stereocenters. The first-order valence-electron chi connectivity index (χ1n) is 9.45. The molecule has 0 aliphatic carbocycles. The third-order valence-corrected chi connectivity index (χ3v) is 8.06. The first-order chi connectivity index (χ1) is 12.8. The van der Waals surface area contributed by atoms with Gasteiger partial charge in [0.25, 0.3) is 0 Å². The minimum Gasteiger partial charge on any atom is -0.495 e. The Bertz CT molecular complexity index is 783. The number of hydrogen-bond donors (Lipinski definition) is 0. The Hall–Kier alpha value is -1.12. The van der Waals surface area contributed by atoms with Crippen LogP contribution in [0.5, 0.6) is 5.75 Å². The van der Waals surface area contributed by atoms with Gasteiger partial charge in [0.15, 0.2) is 0 Å². The van der Waals surface area contributed by atoms with Crippen molar-refractivity contribution >= 4 is 31.9 Å². The lowest BCUT2D eigenvalue weighted by molar-refractivity contribution is -0.138. The van der Waals surface area contributed by atoms with Crippen LogP contribution in [0.2, 0.25) is 0 Å². The zero-order valence-corrected chi connectivity index (χ0v) is 18.3. The van der Waals surface area contributed by atoms with Gasteiger partial charge in [-0.25, -0.2) is 8.42 Å². The molecule has 150 valence electrons. The molecule has 0 N–H and O–H groups in total. The topological polar surface area (TPSA) is 66.9 Å². The van der Waals surface area contributed by atoms with Gasteiger partial charge in [0, 0.05) is 36.6 Å². The third kappa shape index (κ3) is 4.49. The molecular weight excluding hydrogens is 432 g/mol. The molecule has 2 heterocycles. The third-order valence-electron chi connectivity index (χ3n) is 5.64. The van der Waals surface area contributed by atoms with E-state index in [-0.39, 0.29) is 16.7 Å². The number of carbonyl (C=O) groups is 1.